The van der Waals surface area contributed by atoms with Crippen LogP contribution in [0.5, 0.6) is 0 Å². The molecule has 0 spiro atoms. The highest BCUT2D eigenvalue weighted by Crippen LogP contribution is 2.24. The van der Waals surface area contributed by atoms with E-state index in [0.29, 0.717) is 10.3 Å². The third-order valence-corrected chi connectivity index (χ3v) is 3.38. The smallest absolute Gasteiger partial charge is 0.279 e. The van der Waals surface area contributed by atoms with E-state index in [1.54, 1.807) is 0 Å². The third-order valence-electron chi connectivity index (χ3n) is 1.44. The van der Waals surface area contributed by atoms with E-state index < -0.39 is 0 Å². The van der Waals surface area contributed by atoms with Crippen molar-refractivity contribution in [2.75, 3.05) is 12.0 Å². The number of aromatic amines is 1. The minimum atomic E-state index is -0.279. The van der Waals surface area contributed by atoms with Crippen LogP contribution in [0.3, 0.4) is 0 Å². The van der Waals surface area contributed by atoms with Crippen molar-refractivity contribution >= 4 is 39.4 Å². The van der Waals surface area contributed by atoms with Crippen LogP contribution in [0.2, 0.25) is 0 Å². The number of anilines is 1. The lowest BCUT2D eigenvalue weighted by molar-refractivity contribution is 1.17. The van der Waals surface area contributed by atoms with Gasteiger partial charge in [0.05, 0.1) is 0 Å². The molecule has 13 heavy (non-hydrogen) atoms. The molecule has 0 unspecified atom stereocenters. The molecule has 0 fully saturated rings. The van der Waals surface area contributed by atoms with Gasteiger partial charge in [0.25, 0.3) is 5.56 Å². The highest BCUT2D eigenvalue weighted by atomic mass is 32.2. The van der Waals surface area contributed by atoms with Crippen LogP contribution in [-0.4, -0.2) is 21.2 Å². The third kappa shape index (κ3) is 1.40. The lowest BCUT2D eigenvalue weighted by Crippen LogP contribution is -2.10. The number of thioether (sulfide) groups is 1. The fourth-order valence-corrected chi connectivity index (χ4v) is 2.35. The predicted molar refractivity (Wildman–Crippen MR) is 54.2 cm³/mol. The second kappa shape index (κ2) is 3.00. The van der Waals surface area contributed by atoms with Gasteiger partial charge in [0.15, 0.2) is 14.7 Å². The highest BCUT2D eigenvalue weighted by molar-refractivity contribution is 8.00. The van der Waals surface area contributed by atoms with Crippen molar-refractivity contribution in [3.8, 4) is 0 Å². The molecular formula is C6H6N4OS2. The summed E-state index contributed by atoms with van der Waals surface area (Å²) in [6.07, 6.45) is 1.90. The predicted octanol–water partition coefficient (Wildman–Crippen LogP) is 0.684. The fourth-order valence-electron chi connectivity index (χ4n) is 0.917. The summed E-state index contributed by atoms with van der Waals surface area (Å²) >= 11 is 2.85. The molecule has 68 valence electrons. The molecule has 0 aliphatic carbocycles. The average molecular weight is 214 g/mol. The summed E-state index contributed by atoms with van der Waals surface area (Å²) in [6, 6.07) is 0. The van der Waals surface area contributed by atoms with Crippen molar-refractivity contribution < 1.29 is 0 Å². The lowest BCUT2D eigenvalue weighted by Gasteiger charge is -1.88. The number of hydrogen-bond donors (Lipinski definition) is 2. The van der Waals surface area contributed by atoms with Crippen molar-refractivity contribution in [1.82, 2.24) is 15.0 Å². The number of thiazole rings is 1. The zero-order chi connectivity index (χ0) is 9.42. The Morgan fingerprint density at radius 3 is 3.00 bits per heavy atom. The Bertz CT molecular complexity index is 503. The molecule has 2 rings (SSSR count). The van der Waals surface area contributed by atoms with Gasteiger partial charge in [-0.1, -0.05) is 23.1 Å². The number of nitrogens with one attached hydrogen (secondary N) is 1. The van der Waals surface area contributed by atoms with Crippen molar-refractivity contribution in [2.45, 2.75) is 4.34 Å². The van der Waals surface area contributed by atoms with Gasteiger partial charge in [0.1, 0.15) is 0 Å². The molecule has 2 aromatic heterocycles. The first kappa shape index (κ1) is 8.52. The van der Waals surface area contributed by atoms with Crippen LogP contribution in [0.1, 0.15) is 0 Å². The Hall–Kier alpha value is -1.08. The number of hydrogen-bond acceptors (Lipinski definition) is 6. The summed E-state index contributed by atoms with van der Waals surface area (Å²) in [5.41, 5.74) is 5.47. The topological polar surface area (TPSA) is 84.7 Å². The minimum absolute atomic E-state index is 0.133. The summed E-state index contributed by atoms with van der Waals surface area (Å²) in [4.78, 5) is 22.3. The fraction of sp³-hybridized carbons (Fsp3) is 0.167. The molecule has 5 nitrogen and oxygen atoms in total. The Kier molecular flexibility index (Phi) is 1.97. The van der Waals surface area contributed by atoms with Crippen molar-refractivity contribution in [3.05, 3.63) is 10.4 Å². The number of nitrogens with zero attached hydrogens (tertiary/aromatic N) is 2. The van der Waals surface area contributed by atoms with Crippen LogP contribution in [0.15, 0.2) is 9.13 Å². The Labute approximate surface area is 81.4 Å². The van der Waals surface area contributed by atoms with Gasteiger partial charge >= 0.3 is 0 Å². The maximum atomic E-state index is 11.3. The number of aromatic nitrogens is 3. The molecule has 0 amide bonds. The van der Waals surface area contributed by atoms with Crippen LogP contribution >= 0.6 is 23.1 Å². The Morgan fingerprint density at radius 2 is 2.31 bits per heavy atom. The first-order chi connectivity index (χ1) is 6.20. The number of fused-ring (bicyclic) bond motifs is 1. The van der Waals surface area contributed by atoms with Gasteiger partial charge in [-0.3, -0.25) is 9.78 Å². The lowest BCUT2D eigenvalue weighted by atomic mass is 10.6. The van der Waals surface area contributed by atoms with Gasteiger partial charge in [-0.15, -0.1) is 0 Å². The van der Waals surface area contributed by atoms with E-state index in [0.717, 1.165) is 4.34 Å². The zero-order valence-electron chi connectivity index (χ0n) is 6.70. The second-order valence-electron chi connectivity index (χ2n) is 2.29. The molecule has 0 saturated carbocycles. The molecule has 0 radical (unpaired) electrons. The second-order valence-corrected chi connectivity index (χ2v) is 4.32. The first-order valence-electron chi connectivity index (χ1n) is 3.41. The Balaban J connectivity index is 2.83. The number of rotatable bonds is 1. The van der Waals surface area contributed by atoms with Gasteiger partial charge in [0, 0.05) is 0 Å². The minimum Gasteiger partial charge on any atom is -0.369 e. The Morgan fingerprint density at radius 1 is 1.54 bits per heavy atom. The summed E-state index contributed by atoms with van der Waals surface area (Å²) in [7, 11) is 0. The quantitative estimate of drug-likeness (QED) is 0.682. The van der Waals surface area contributed by atoms with Crippen LogP contribution < -0.4 is 11.3 Å². The molecule has 2 aromatic rings. The molecule has 0 saturated heterocycles. The molecular weight excluding hydrogens is 208 g/mol. The number of nitrogen functional groups attached to an aromatic ring is 1. The zero-order valence-corrected chi connectivity index (χ0v) is 8.33. The SMILES string of the molecule is CSc1nc2c(=O)[nH]c(N)nc2s1. The van der Waals surface area contributed by atoms with E-state index in [4.69, 9.17) is 5.73 Å². The van der Waals surface area contributed by atoms with E-state index in [2.05, 4.69) is 15.0 Å². The number of nitrogens with two attached hydrogens (primary N) is 1. The summed E-state index contributed by atoms with van der Waals surface area (Å²) < 4.78 is 0.818. The molecule has 0 aliphatic rings. The monoisotopic (exact) mass is 214 g/mol. The normalized spacial score (nSPS) is 10.8. The van der Waals surface area contributed by atoms with E-state index >= 15 is 0 Å². The van der Waals surface area contributed by atoms with Crippen molar-refractivity contribution in [1.29, 1.82) is 0 Å². The van der Waals surface area contributed by atoms with Crippen molar-refractivity contribution in [3.63, 3.8) is 0 Å². The molecule has 3 N–H and O–H groups in total. The van der Waals surface area contributed by atoms with E-state index in [1.165, 1.54) is 23.1 Å². The highest BCUT2D eigenvalue weighted by Gasteiger charge is 2.08. The molecule has 7 heteroatoms. The van der Waals surface area contributed by atoms with Crippen LogP contribution in [-0.2, 0) is 0 Å². The molecule has 0 atom stereocenters. The molecule has 0 aliphatic heterocycles. The maximum Gasteiger partial charge on any atom is 0.279 e. The summed E-state index contributed by atoms with van der Waals surface area (Å²) in [6.45, 7) is 0. The van der Waals surface area contributed by atoms with Gasteiger partial charge in [-0.25, -0.2) is 9.97 Å². The molecule has 2 heterocycles. The van der Waals surface area contributed by atoms with Gasteiger partial charge in [-0.05, 0) is 6.26 Å². The van der Waals surface area contributed by atoms with Crippen molar-refractivity contribution in [2.24, 2.45) is 0 Å². The van der Waals surface area contributed by atoms with Crippen LogP contribution in [0, 0.1) is 0 Å². The van der Waals surface area contributed by atoms with Gasteiger partial charge in [-0.2, -0.15) is 0 Å². The number of H-pyrrole nitrogens is 1. The van der Waals surface area contributed by atoms with E-state index in [1.807, 2.05) is 6.26 Å². The van der Waals surface area contributed by atoms with E-state index in [9.17, 15) is 4.79 Å². The molecule has 0 bridgehead atoms. The largest absolute Gasteiger partial charge is 0.369 e. The summed E-state index contributed by atoms with van der Waals surface area (Å²) in [5, 5.41) is 0. The van der Waals surface area contributed by atoms with Crippen LogP contribution in [0.4, 0.5) is 5.95 Å². The standard InChI is InChI=1S/C6H6N4OS2/c1-12-6-8-2-3(11)9-5(7)10-4(2)13-6/h1H3,(H3,7,9,10,11). The van der Waals surface area contributed by atoms with Gasteiger partial charge < -0.3 is 5.73 Å². The summed E-state index contributed by atoms with van der Waals surface area (Å²) in [5.74, 6) is 0.133. The average Bonchev–Trinajstić information content (AvgIpc) is 2.47. The van der Waals surface area contributed by atoms with Crippen LogP contribution in [0.25, 0.3) is 10.3 Å². The van der Waals surface area contributed by atoms with Gasteiger partial charge in [0.2, 0.25) is 5.95 Å². The molecule has 0 aromatic carbocycles. The maximum absolute atomic E-state index is 11.3. The first-order valence-corrected chi connectivity index (χ1v) is 5.45. The van der Waals surface area contributed by atoms with E-state index in [-0.39, 0.29) is 11.5 Å².